The highest BCUT2D eigenvalue weighted by Crippen LogP contribution is 2.47. The van der Waals surface area contributed by atoms with E-state index in [-0.39, 0.29) is 44.4 Å². The Morgan fingerprint density at radius 1 is 1.35 bits per heavy atom. The van der Waals surface area contributed by atoms with E-state index in [0.29, 0.717) is 34.1 Å². The third kappa shape index (κ3) is 6.27. The summed E-state index contributed by atoms with van der Waals surface area (Å²) in [5.74, 6) is 0.165. The zero-order valence-electron chi connectivity index (χ0n) is 24.0. The molecular formula is C28H36F2N8O3S2. The molecule has 0 bridgehead atoms. The first kappa shape index (κ1) is 31.3. The van der Waals surface area contributed by atoms with Crippen molar-refractivity contribution in [2.75, 3.05) is 26.2 Å². The zero-order valence-corrected chi connectivity index (χ0v) is 25.6. The van der Waals surface area contributed by atoms with E-state index in [1.54, 1.807) is 31.5 Å². The van der Waals surface area contributed by atoms with Crippen molar-refractivity contribution in [2.45, 2.75) is 51.3 Å². The number of alkyl halides is 2. The van der Waals surface area contributed by atoms with Gasteiger partial charge in [0.2, 0.25) is 0 Å². The fourth-order valence-electron chi connectivity index (χ4n) is 6.30. The number of amidine groups is 1. The number of aliphatic imine (C=N–C) groups is 2. The summed E-state index contributed by atoms with van der Waals surface area (Å²) in [6.07, 6.45) is 7.23. The third-order valence-corrected chi connectivity index (χ3v) is 11.0. The normalized spacial score (nSPS) is 26.7. The summed E-state index contributed by atoms with van der Waals surface area (Å²) < 4.78 is 57.5. The van der Waals surface area contributed by atoms with Gasteiger partial charge in [-0.25, -0.2) is 9.98 Å². The molecule has 11 nitrogen and oxygen atoms in total. The van der Waals surface area contributed by atoms with Gasteiger partial charge >= 0.3 is 6.55 Å². The lowest BCUT2D eigenvalue weighted by Gasteiger charge is -2.36. The van der Waals surface area contributed by atoms with E-state index >= 15 is 0 Å². The van der Waals surface area contributed by atoms with Gasteiger partial charge in [0.25, 0.3) is 10.2 Å². The number of nitrogens with two attached hydrogens (primary N) is 1. The maximum absolute atomic E-state index is 13.8. The average molecular weight is 635 g/mol. The van der Waals surface area contributed by atoms with Crippen LogP contribution >= 0.6 is 11.3 Å². The lowest BCUT2D eigenvalue weighted by molar-refractivity contribution is -0.0450. The number of aliphatic hydroxyl groups is 1. The Kier molecular flexibility index (Phi) is 9.37. The molecule has 2 fully saturated rings. The summed E-state index contributed by atoms with van der Waals surface area (Å²) in [5, 5.41) is 14.3. The SMILES string of the molecule is CCN(CC1CCC(C)C1(O)c1ccccn1)S(=O)(=O)NC1CC2=C(C(C=NC(F)F)=CN)CN=C(c3nccs3)N2C1. The van der Waals surface area contributed by atoms with Crippen molar-refractivity contribution >= 4 is 33.6 Å². The molecule has 4 N–H and O–H groups in total. The van der Waals surface area contributed by atoms with Gasteiger partial charge in [0.05, 0.1) is 12.2 Å². The van der Waals surface area contributed by atoms with E-state index in [4.69, 9.17) is 5.73 Å². The Bertz CT molecular complexity index is 1520. The second-order valence-electron chi connectivity index (χ2n) is 10.9. The molecule has 1 saturated heterocycles. The van der Waals surface area contributed by atoms with Crippen molar-refractivity contribution in [1.82, 2.24) is 23.9 Å². The number of hydrogen-bond acceptors (Lipinski definition) is 10. The maximum atomic E-state index is 13.8. The van der Waals surface area contributed by atoms with Crippen LogP contribution in [0, 0.1) is 11.8 Å². The quantitative estimate of drug-likeness (QED) is 0.254. The fraction of sp³-hybridized carbons (Fsp3) is 0.500. The first-order valence-electron chi connectivity index (χ1n) is 14.2. The second kappa shape index (κ2) is 12.9. The number of pyridine rings is 1. The number of fused-ring (bicyclic) bond motifs is 1. The number of aromatic nitrogens is 2. The minimum absolute atomic E-state index is 0.0835. The summed E-state index contributed by atoms with van der Waals surface area (Å²) in [4.78, 5) is 18.5. The largest absolute Gasteiger partial charge is 0.404 e. The molecule has 2 aromatic heterocycles. The Labute approximate surface area is 254 Å². The van der Waals surface area contributed by atoms with Crippen molar-refractivity contribution in [1.29, 1.82) is 0 Å². The Morgan fingerprint density at radius 3 is 2.81 bits per heavy atom. The molecule has 43 heavy (non-hydrogen) atoms. The predicted molar refractivity (Wildman–Crippen MR) is 162 cm³/mol. The molecule has 3 aliphatic rings. The molecule has 4 heterocycles. The van der Waals surface area contributed by atoms with Crippen molar-refractivity contribution in [3.8, 4) is 0 Å². The molecule has 1 aliphatic carbocycles. The maximum Gasteiger partial charge on any atom is 0.331 e. The minimum Gasteiger partial charge on any atom is -0.404 e. The van der Waals surface area contributed by atoms with Crippen molar-refractivity contribution in [2.24, 2.45) is 27.6 Å². The van der Waals surface area contributed by atoms with Crippen molar-refractivity contribution in [3.05, 3.63) is 69.7 Å². The van der Waals surface area contributed by atoms with E-state index in [1.807, 2.05) is 23.3 Å². The summed E-state index contributed by atoms with van der Waals surface area (Å²) >= 11 is 1.40. The summed E-state index contributed by atoms with van der Waals surface area (Å²) in [6, 6.07) is 4.85. The molecule has 0 radical (unpaired) electrons. The molecule has 2 aromatic rings. The number of rotatable bonds is 11. The molecule has 1 saturated carbocycles. The fourth-order valence-corrected chi connectivity index (χ4v) is 8.39. The van der Waals surface area contributed by atoms with Crippen LogP contribution < -0.4 is 10.5 Å². The van der Waals surface area contributed by atoms with Gasteiger partial charge in [0.1, 0.15) is 5.60 Å². The van der Waals surface area contributed by atoms with Crippen molar-refractivity contribution in [3.63, 3.8) is 0 Å². The first-order valence-corrected chi connectivity index (χ1v) is 16.5. The molecule has 232 valence electrons. The molecule has 15 heteroatoms. The number of halogens is 2. The van der Waals surface area contributed by atoms with Gasteiger partial charge in [0.15, 0.2) is 10.8 Å². The second-order valence-corrected chi connectivity index (χ2v) is 13.5. The minimum atomic E-state index is -3.99. The van der Waals surface area contributed by atoms with E-state index in [0.717, 1.165) is 18.3 Å². The van der Waals surface area contributed by atoms with Crippen LogP contribution in [0.25, 0.3) is 0 Å². The lowest BCUT2D eigenvalue weighted by atomic mass is 9.81. The van der Waals surface area contributed by atoms with Gasteiger partial charge < -0.3 is 15.7 Å². The molecule has 0 aromatic carbocycles. The average Bonchev–Trinajstić information content (AvgIpc) is 3.73. The van der Waals surface area contributed by atoms with E-state index < -0.39 is 28.4 Å². The highest BCUT2D eigenvalue weighted by Gasteiger charge is 2.50. The topological polar surface area (TPSA) is 149 Å². The molecule has 0 spiro atoms. The lowest BCUT2D eigenvalue weighted by Crippen LogP contribution is -2.50. The first-order chi connectivity index (χ1) is 20.6. The molecule has 0 amide bonds. The van der Waals surface area contributed by atoms with Gasteiger partial charge in [-0.15, -0.1) is 11.3 Å². The van der Waals surface area contributed by atoms with Crippen LogP contribution in [0.3, 0.4) is 0 Å². The molecule has 4 atom stereocenters. The molecule has 2 aliphatic heterocycles. The number of hydrogen-bond donors (Lipinski definition) is 3. The highest BCUT2D eigenvalue weighted by atomic mass is 32.2. The van der Waals surface area contributed by atoms with Crippen LogP contribution in [0.5, 0.6) is 0 Å². The zero-order chi connectivity index (χ0) is 30.8. The standard InChI is InChI=1S/C28H36F2N8O3S2/c1-3-37(16-20-8-7-18(2)28(20,39)24-6-4-5-9-32-24)43(40,41)36-21-12-23-22(19(13-31)14-35-27(29)30)15-34-25(38(23)17-21)26-33-10-11-42-26/h4-6,9-11,13-14,18,20-21,27,36,39H,3,7-8,12,15-17,31H2,1-2H3. The van der Waals surface area contributed by atoms with Crippen LogP contribution in [0.1, 0.15) is 43.8 Å². The summed E-state index contributed by atoms with van der Waals surface area (Å²) in [6.45, 7) is 1.60. The van der Waals surface area contributed by atoms with Gasteiger partial charge in [-0.2, -0.15) is 26.2 Å². The van der Waals surface area contributed by atoms with Crippen molar-refractivity contribution < 1.29 is 22.3 Å². The number of nitrogens with zero attached hydrogens (tertiary/aromatic N) is 6. The Morgan fingerprint density at radius 2 is 2.16 bits per heavy atom. The summed E-state index contributed by atoms with van der Waals surface area (Å²) in [7, 11) is -3.99. The van der Waals surface area contributed by atoms with Crippen LogP contribution in [-0.4, -0.2) is 83.5 Å². The van der Waals surface area contributed by atoms with Gasteiger partial charge in [-0.05, 0) is 30.9 Å². The highest BCUT2D eigenvalue weighted by molar-refractivity contribution is 7.87. The van der Waals surface area contributed by atoms with Crippen LogP contribution in [0.2, 0.25) is 0 Å². The van der Waals surface area contributed by atoms with E-state index in [1.165, 1.54) is 21.8 Å². The molecule has 5 rings (SSSR count). The van der Waals surface area contributed by atoms with E-state index in [2.05, 4.69) is 24.7 Å². The third-order valence-electron chi connectivity index (χ3n) is 8.47. The van der Waals surface area contributed by atoms with Crippen LogP contribution in [-0.2, 0) is 15.8 Å². The van der Waals surface area contributed by atoms with Gasteiger partial charge in [-0.3, -0.25) is 9.98 Å². The van der Waals surface area contributed by atoms with Gasteiger partial charge in [0, 0.05) is 85.0 Å². The smallest absolute Gasteiger partial charge is 0.331 e. The van der Waals surface area contributed by atoms with Crippen LogP contribution in [0.4, 0.5) is 8.78 Å². The Balaban J connectivity index is 1.39. The number of thiazole rings is 1. The molecule has 4 unspecified atom stereocenters. The number of nitrogens with one attached hydrogen (secondary N) is 1. The Hall–Kier alpha value is -3.11. The summed E-state index contributed by atoms with van der Waals surface area (Å²) in [5.41, 5.74) is 6.71. The van der Waals surface area contributed by atoms with Crippen LogP contribution in [0.15, 0.2) is 69.0 Å². The monoisotopic (exact) mass is 634 g/mol. The van der Waals surface area contributed by atoms with E-state index in [9.17, 15) is 22.3 Å². The van der Waals surface area contributed by atoms with Gasteiger partial charge in [-0.1, -0.05) is 19.9 Å². The predicted octanol–water partition coefficient (Wildman–Crippen LogP) is 2.85. The molecular weight excluding hydrogens is 598 g/mol.